The van der Waals surface area contributed by atoms with E-state index >= 15 is 0 Å². The molecule has 18 heavy (non-hydrogen) atoms. The molecule has 2 rings (SSSR count). The van der Waals surface area contributed by atoms with Crippen molar-refractivity contribution < 1.29 is 14.8 Å². The average molecular weight is 252 g/mol. The summed E-state index contributed by atoms with van der Waals surface area (Å²) >= 11 is 0. The molecule has 0 spiro atoms. The first-order valence-electron chi connectivity index (χ1n) is 5.67. The summed E-state index contributed by atoms with van der Waals surface area (Å²) in [4.78, 5) is 12.5. The molecule has 1 N–H and O–H groups in total. The molecule has 1 fully saturated rings. The highest BCUT2D eigenvalue weighted by atomic mass is 16.6. The van der Waals surface area contributed by atoms with Crippen molar-refractivity contribution in [2.45, 2.75) is 19.1 Å². The van der Waals surface area contributed by atoms with Crippen LogP contribution in [-0.4, -0.2) is 40.7 Å². The third-order valence-corrected chi connectivity index (χ3v) is 2.97. The summed E-state index contributed by atoms with van der Waals surface area (Å²) < 4.78 is 4.94. The van der Waals surface area contributed by atoms with E-state index < -0.39 is 10.5 Å². The summed E-state index contributed by atoms with van der Waals surface area (Å²) in [6.07, 6.45) is 0. The number of hydrogen-bond donors (Lipinski definition) is 1. The highest BCUT2D eigenvalue weighted by molar-refractivity contribution is 5.48. The Morgan fingerprint density at radius 1 is 1.56 bits per heavy atom. The van der Waals surface area contributed by atoms with E-state index in [0.29, 0.717) is 19.6 Å². The van der Waals surface area contributed by atoms with Crippen molar-refractivity contribution in [3.63, 3.8) is 0 Å². The summed E-state index contributed by atoms with van der Waals surface area (Å²) in [5.41, 5.74) is 0.193. The Kier molecular flexibility index (Phi) is 3.23. The van der Waals surface area contributed by atoms with Gasteiger partial charge >= 0.3 is 5.69 Å². The van der Waals surface area contributed by atoms with E-state index in [1.165, 1.54) is 13.2 Å². The van der Waals surface area contributed by atoms with Crippen LogP contribution in [-0.2, 0) is 6.54 Å². The van der Waals surface area contributed by atoms with Gasteiger partial charge < -0.3 is 9.84 Å². The fourth-order valence-electron chi connectivity index (χ4n) is 2.26. The summed E-state index contributed by atoms with van der Waals surface area (Å²) in [5, 5.41) is 20.5. The van der Waals surface area contributed by atoms with Crippen molar-refractivity contribution in [2.24, 2.45) is 0 Å². The molecule has 0 atom stereocenters. The quantitative estimate of drug-likeness (QED) is 0.643. The SMILES string of the molecule is COc1ccc(CN2CC(C)(O)C2)cc1[N+](=O)[O-]. The average Bonchev–Trinajstić information content (AvgIpc) is 2.26. The number of hydrogen-bond acceptors (Lipinski definition) is 5. The molecule has 1 aromatic rings. The Hall–Kier alpha value is -1.66. The molecule has 0 saturated carbocycles. The number of likely N-dealkylation sites (tertiary alicyclic amines) is 1. The molecule has 6 heteroatoms. The zero-order valence-corrected chi connectivity index (χ0v) is 10.4. The van der Waals surface area contributed by atoms with Gasteiger partial charge in [-0.25, -0.2) is 0 Å². The van der Waals surface area contributed by atoms with Gasteiger partial charge in [0, 0.05) is 25.7 Å². The number of rotatable bonds is 4. The fourth-order valence-corrected chi connectivity index (χ4v) is 2.26. The van der Waals surface area contributed by atoms with Crippen LogP contribution in [0.2, 0.25) is 0 Å². The maximum atomic E-state index is 10.9. The molecule has 0 aromatic heterocycles. The van der Waals surface area contributed by atoms with Gasteiger partial charge in [-0.15, -0.1) is 0 Å². The summed E-state index contributed by atoms with van der Waals surface area (Å²) in [6, 6.07) is 4.93. The van der Waals surface area contributed by atoms with Crippen LogP contribution >= 0.6 is 0 Å². The molecule has 0 amide bonds. The molecular weight excluding hydrogens is 236 g/mol. The fraction of sp³-hybridized carbons (Fsp3) is 0.500. The summed E-state index contributed by atoms with van der Waals surface area (Å²) in [6.45, 7) is 3.56. The lowest BCUT2D eigenvalue weighted by atomic mass is 9.96. The number of β-amino-alcohol motifs (C(OH)–C–C–N with tert-alkyl or cyclic N) is 1. The number of aliphatic hydroxyl groups is 1. The number of nitrogens with zero attached hydrogens (tertiary/aromatic N) is 2. The molecule has 98 valence electrons. The Morgan fingerprint density at radius 2 is 2.22 bits per heavy atom. The minimum Gasteiger partial charge on any atom is -0.490 e. The van der Waals surface area contributed by atoms with Crippen LogP contribution in [0.3, 0.4) is 0 Å². The first-order valence-corrected chi connectivity index (χ1v) is 5.67. The molecular formula is C12H16N2O4. The molecule has 0 aliphatic carbocycles. The second-order valence-corrected chi connectivity index (χ2v) is 4.91. The Balaban J connectivity index is 2.10. The van der Waals surface area contributed by atoms with Gasteiger partial charge in [-0.2, -0.15) is 0 Å². The lowest BCUT2D eigenvalue weighted by Gasteiger charge is -2.44. The molecule has 1 heterocycles. The van der Waals surface area contributed by atoms with Crippen LogP contribution in [0.4, 0.5) is 5.69 Å². The predicted molar refractivity (Wildman–Crippen MR) is 65.5 cm³/mol. The molecule has 0 bridgehead atoms. The van der Waals surface area contributed by atoms with E-state index in [4.69, 9.17) is 4.74 Å². The highest BCUT2D eigenvalue weighted by Crippen LogP contribution is 2.29. The van der Waals surface area contributed by atoms with Crippen molar-refractivity contribution >= 4 is 5.69 Å². The van der Waals surface area contributed by atoms with Crippen molar-refractivity contribution in [3.8, 4) is 5.75 Å². The molecule has 0 unspecified atom stereocenters. The number of nitro groups is 1. The largest absolute Gasteiger partial charge is 0.490 e. The first kappa shape index (κ1) is 12.8. The Labute approximate surface area is 105 Å². The number of benzene rings is 1. The minimum absolute atomic E-state index is 0.0257. The molecule has 1 aromatic carbocycles. The second kappa shape index (κ2) is 4.55. The number of methoxy groups -OCH3 is 1. The third-order valence-electron chi connectivity index (χ3n) is 2.97. The second-order valence-electron chi connectivity index (χ2n) is 4.91. The number of nitro benzene ring substituents is 1. The van der Waals surface area contributed by atoms with Gasteiger partial charge in [0.15, 0.2) is 5.75 Å². The van der Waals surface area contributed by atoms with Gasteiger partial charge in [-0.3, -0.25) is 15.0 Å². The van der Waals surface area contributed by atoms with E-state index in [2.05, 4.69) is 0 Å². The predicted octanol–water partition coefficient (Wildman–Crippen LogP) is 1.17. The van der Waals surface area contributed by atoms with Crippen molar-refractivity contribution in [3.05, 3.63) is 33.9 Å². The monoisotopic (exact) mass is 252 g/mol. The first-order chi connectivity index (χ1) is 8.41. The van der Waals surface area contributed by atoms with E-state index in [-0.39, 0.29) is 11.4 Å². The van der Waals surface area contributed by atoms with Crippen LogP contribution in [0.1, 0.15) is 12.5 Å². The Morgan fingerprint density at radius 3 is 2.72 bits per heavy atom. The standard InChI is InChI=1S/C12H16N2O4/c1-12(15)7-13(8-12)6-9-3-4-11(18-2)10(5-9)14(16)17/h3-5,15H,6-8H2,1-2H3. The van der Waals surface area contributed by atoms with E-state index in [1.807, 2.05) is 4.90 Å². The molecule has 6 nitrogen and oxygen atoms in total. The highest BCUT2D eigenvalue weighted by Gasteiger charge is 2.36. The van der Waals surface area contributed by atoms with Gasteiger partial charge in [0.05, 0.1) is 17.6 Å². The van der Waals surface area contributed by atoms with E-state index in [0.717, 1.165) is 5.56 Å². The van der Waals surface area contributed by atoms with Gasteiger partial charge in [-0.1, -0.05) is 6.07 Å². The van der Waals surface area contributed by atoms with Crippen LogP contribution < -0.4 is 4.74 Å². The van der Waals surface area contributed by atoms with Crippen LogP contribution in [0.25, 0.3) is 0 Å². The lowest BCUT2D eigenvalue weighted by Crippen LogP contribution is -2.59. The van der Waals surface area contributed by atoms with Gasteiger partial charge in [0.25, 0.3) is 0 Å². The maximum absolute atomic E-state index is 10.9. The van der Waals surface area contributed by atoms with Gasteiger partial charge in [-0.05, 0) is 18.6 Å². The molecule has 0 radical (unpaired) electrons. The van der Waals surface area contributed by atoms with Crippen molar-refractivity contribution in [2.75, 3.05) is 20.2 Å². The molecule has 1 aliphatic heterocycles. The van der Waals surface area contributed by atoms with Crippen molar-refractivity contribution in [1.82, 2.24) is 4.90 Å². The van der Waals surface area contributed by atoms with Crippen molar-refractivity contribution in [1.29, 1.82) is 0 Å². The molecule has 1 aliphatic rings. The van der Waals surface area contributed by atoms with Crippen LogP contribution in [0, 0.1) is 10.1 Å². The van der Waals surface area contributed by atoms with E-state index in [1.54, 1.807) is 19.1 Å². The minimum atomic E-state index is -0.627. The van der Waals surface area contributed by atoms with Crippen LogP contribution in [0.15, 0.2) is 18.2 Å². The third kappa shape index (κ3) is 2.60. The number of ether oxygens (including phenoxy) is 1. The normalized spacial score (nSPS) is 18.2. The lowest BCUT2D eigenvalue weighted by molar-refractivity contribution is -0.385. The van der Waals surface area contributed by atoms with Crippen LogP contribution in [0.5, 0.6) is 5.75 Å². The van der Waals surface area contributed by atoms with E-state index in [9.17, 15) is 15.2 Å². The van der Waals surface area contributed by atoms with Gasteiger partial charge in [0.1, 0.15) is 0 Å². The maximum Gasteiger partial charge on any atom is 0.311 e. The molecule has 1 saturated heterocycles. The zero-order valence-electron chi connectivity index (χ0n) is 10.4. The van der Waals surface area contributed by atoms with Gasteiger partial charge in [0.2, 0.25) is 0 Å². The smallest absolute Gasteiger partial charge is 0.311 e. The Bertz CT molecular complexity index is 465. The topological polar surface area (TPSA) is 75.8 Å². The summed E-state index contributed by atoms with van der Waals surface area (Å²) in [7, 11) is 1.41. The zero-order chi connectivity index (χ0) is 13.3. The summed E-state index contributed by atoms with van der Waals surface area (Å²) in [5.74, 6) is 0.263.